The number of H-pyrrole nitrogens is 1. The third-order valence-corrected chi connectivity index (χ3v) is 5.97. The van der Waals surface area contributed by atoms with Crippen molar-refractivity contribution in [2.75, 3.05) is 19.6 Å². The number of hydrogen-bond donors (Lipinski definition) is 1. The van der Waals surface area contributed by atoms with Crippen LogP contribution in [-0.2, 0) is 13.0 Å². The number of carbonyl (C=O) groups is 1. The molecular formula is C27H33F3N2O2. The number of ketones is 1. The van der Waals surface area contributed by atoms with Gasteiger partial charge in [-0.1, -0.05) is 57.0 Å². The van der Waals surface area contributed by atoms with Crippen molar-refractivity contribution in [1.82, 2.24) is 9.88 Å². The zero-order valence-corrected chi connectivity index (χ0v) is 19.9. The lowest BCUT2D eigenvalue weighted by Gasteiger charge is -2.22. The van der Waals surface area contributed by atoms with Crippen molar-refractivity contribution in [2.24, 2.45) is 0 Å². The van der Waals surface area contributed by atoms with Gasteiger partial charge in [-0.05, 0) is 55.6 Å². The maximum Gasteiger partial charge on any atom is 0.454 e. The molecule has 2 aromatic carbocycles. The highest BCUT2D eigenvalue weighted by Crippen LogP contribution is 2.35. The molecule has 0 saturated carbocycles. The Bertz CT molecular complexity index is 1050. The van der Waals surface area contributed by atoms with Crippen molar-refractivity contribution in [1.29, 1.82) is 0 Å². The molecule has 1 N–H and O–H groups in total. The Morgan fingerprint density at radius 1 is 0.971 bits per heavy atom. The van der Waals surface area contributed by atoms with Gasteiger partial charge >= 0.3 is 6.18 Å². The lowest BCUT2D eigenvalue weighted by Crippen LogP contribution is -2.28. The van der Waals surface area contributed by atoms with E-state index in [4.69, 9.17) is 4.74 Å². The number of nitrogens with one attached hydrogen (secondary N) is 1. The molecule has 0 aliphatic rings. The van der Waals surface area contributed by atoms with E-state index in [0.29, 0.717) is 17.6 Å². The highest BCUT2D eigenvalue weighted by atomic mass is 19.4. The fourth-order valence-corrected chi connectivity index (χ4v) is 4.06. The average molecular weight is 475 g/mol. The second kappa shape index (κ2) is 12.1. The first-order valence-electron chi connectivity index (χ1n) is 12.0. The van der Waals surface area contributed by atoms with Gasteiger partial charge in [-0.2, -0.15) is 13.2 Å². The minimum absolute atomic E-state index is 0.177. The number of halogens is 3. The summed E-state index contributed by atoms with van der Waals surface area (Å²) in [7, 11) is 0. The minimum atomic E-state index is -4.94. The van der Waals surface area contributed by atoms with E-state index in [1.807, 2.05) is 30.3 Å². The van der Waals surface area contributed by atoms with E-state index in [9.17, 15) is 18.0 Å². The quantitative estimate of drug-likeness (QED) is 0.273. The molecule has 4 nitrogen and oxygen atoms in total. The van der Waals surface area contributed by atoms with Gasteiger partial charge in [0.15, 0.2) is 0 Å². The summed E-state index contributed by atoms with van der Waals surface area (Å²) >= 11 is 0. The van der Waals surface area contributed by atoms with Crippen molar-refractivity contribution in [2.45, 2.75) is 58.7 Å². The average Bonchev–Trinajstić information content (AvgIpc) is 3.26. The molecule has 0 fully saturated rings. The molecule has 0 amide bonds. The van der Waals surface area contributed by atoms with Crippen LogP contribution < -0.4 is 4.74 Å². The Morgan fingerprint density at radius 2 is 1.65 bits per heavy atom. The van der Waals surface area contributed by atoms with Crippen LogP contribution in [0.1, 0.15) is 61.0 Å². The molecule has 0 spiro atoms. The zero-order chi connectivity index (χ0) is 24.6. The molecular weight excluding hydrogens is 441 g/mol. The predicted octanol–water partition coefficient (Wildman–Crippen LogP) is 6.94. The number of aromatic amines is 1. The van der Waals surface area contributed by atoms with Crippen LogP contribution >= 0.6 is 0 Å². The number of fused-ring (bicyclic) bond motifs is 1. The number of nitrogens with zero attached hydrogens (tertiary/aromatic N) is 1. The molecule has 0 aliphatic heterocycles. The van der Waals surface area contributed by atoms with Gasteiger partial charge in [-0.25, -0.2) is 0 Å². The molecule has 7 heteroatoms. The van der Waals surface area contributed by atoms with E-state index < -0.39 is 12.0 Å². The van der Waals surface area contributed by atoms with Crippen LogP contribution in [0.15, 0.2) is 48.7 Å². The standard InChI is InChI=1S/C27H33F3N2O2/c1-3-5-15-32(16-6-4-2)17-14-21-18-31-25-22(26(33)27(28,29)30)12-13-23(24(21)25)34-19-20-10-8-7-9-11-20/h7-13,18,31H,3-6,14-17,19H2,1-2H3. The summed E-state index contributed by atoms with van der Waals surface area (Å²) in [5, 5.41) is 0.553. The summed E-state index contributed by atoms with van der Waals surface area (Å²) in [6.45, 7) is 7.39. The van der Waals surface area contributed by atoms with Crippen LogP contribution in [0.4, 0.5) is 13.2 Å². The predicted molar refractivity (Wildman–Crippen MR) is 129 cm³/mol. The third kappa shape index (κ3) is 6.63. The molecule has 0 bridgehead atoms. The number of unbranched alkanes of at least 4 members (excludes halogenated alkanes) is 2. The Labute approximate surface area is 199 Å². The molecule has 0 atom stereocenters. The van der Waals surface area contributed by atoms with Gasteiger partial charge in [0, 0.05) is 18.1 Å². The monoisotopic (exact) mass is 474 g/mol. The lowest BCUT2D eigenvalue weighted by molar-refractivity contribution is -0.0884. The van der Waals surface area contributed by atoms with Gasteiger partial charge in [-0.15, -0.1) is 0 Å². The van der Waals surface area contributed by atoms with Gasteiger partial charge in [0.2, 0.25) is 0 Å². The summed E-state index contributed by atoms with van der Waals surface area (Å²) in [5.41, 5.74) is 1.60. The van der Waals surface area contributed by atoms with E-state index >= 15 is 0 Å². The number of rotatable bonds is 13. The maximum atomic E-state index is 13.2. The molecule has 34 heavy (non-hydrogen) atoms. The number of ether oxygens (including phenoxy) is 1. The van der Waals surface area contributed by atoms with Crippen molar-refractivity contribution < 1.29 is 22.7 Å². The first-order chi connectivity index (χ1) is 16.3. The smallest absolute Gasteiger partial charge is 0.454 e. The minimum Gasteiger partial charge on any atom is -0.488 e. The van der Waals surface area contributed by atoms with Gasteiger partial charge < -0.3 is 14.6 Å². The van der Waals surface area contributed by atoms with E-state index in [0.717, 1.165) is 56.4 Å². The molecule has 3 rings (SSSR count). The molecule has 1 aromatic heterocycles. The first kappa shape index (κ1) is 25.8. The lowest BCUT2D eigenvalue weighted by atomic mass is 10.0. The largest absolute Gasteiger partial charge is 0.488 e. The van der Waals surface area contributed by atoms with Crippen LogP contribution in [0.5, 0.6) is 5.75 Å². The van der Waals surface area contributed by atoms with Crippen LogP contribution in [0, 0.1) is 0 Å². The van der Waals surface area contributed by atoms with Gasteiger partial charge in [0.1, 0.15) is 12.4 Å². The van der Waals surface area contributed by atoms with Crippen molar-refractivity contribution >= 4 is 16.7 Å². The normalized spacial score (nSPS) is 11.9. The number of hydrogen-bond acceptors (Lipinski definition) is 3. The maximum absolute atomic E-state index is 13.2. The first-order valence-corrected chi connectivity index (χ1v) is 12.0. The Kier molecular flexibility index (Phi) is 9.16. The SMILES string of the molecule is CCCCN(CCCC)CCc1c[nH]c2c(C(=O)C(F)(F)F)ccc(OCc3ccccc3)c12. The van der Waals surface area contributed by atoms with Gasteiger partial charge in [0.25, 0.3) is 5.78 Å². The Hall–Kier alpha value is -2.80. The summed E-state index contributed by atoms with van der Waals surface area (Å²) in [6, 6.07) is 12.3. The summed E-state index contributed by atoms with van der Waals surface area (Å²) in [5.74, 6) is -1.38. The second-order valence-electron chi connectivity index (χ2n) is 8.58. The molecule has 0 aliphatic carbocycles. The van der Waals surface area contributed by atoms with Gasteiger partial charge in [0.05, 0.1) is 11.1 Å². The van der Waals surface area contributed by atoms with E-state index in [1.54, 1.807) is 6.20 Å². The molecule has 3 aromatic rings. The highest BCUT2D eigenvalue weighted by Gasteiger charge is 2.40. The zero-order valence-electron chi connectivity index (χ0n) is 19.9. The Balaban J connectivity index is 1.92. The fourth-order valence-electron chi connectivity index (χ4n) is 4.06. The van der Waals surface area contributed by atoms with Crippen LogP contribution in [0.3, 0.4) is 0 Å². The van der Waals surface area contributed by atoms with Crippen molar-refractivity contribution in [3.8, 4) is 5.75 Å². The molecule has 0 saturated heterocycles. The van der Waals surface area contributed by atoms with Gasteiger partial charge in [-0.3, -0.25) is 4.79 Å². The number of aromatic nitrogens is 1. The topological polar surface area (TPSA) is 45.3 Å². The van der Waals surface area contributed by atoms with E-state index in [2.05, 4.69) is 23.7 Å². The van der Waals surface area contributed by atoms with E-state index in [1.165, 1.54) is 12.1 Å². The third-order valence-electron chi connectivity index (χ3n) is 5.97. The highest BCUT2D eigenvalue weighted by molar-refractivity contribution is 6.11. The number of Topliss-reactive ketones (excluding diaryl/α,β-unsaturated/α-hetero) is 1. The molecule has 184 valence electrons. The molecule has 0 radical (unpaired) electrons. The Morgan fingerprint density at radius 3 is 2.26 bits per heavy atom. The summed E-state index contributed by atoms with van der Waals surface area (Å²) in [4.78, 5) is 17.4. The number of carbonyl (C=O) groups excluding carboxylic acids is 1. The van der Waals surface area contributed by atoms with Crippen LogP contribution in [-0.4, -0.2) is 41.5 Å². The number of benzene rings is 2. The van der Waals surface area contributed by atoms with E-state index in [-0.39, 0.29) is 17.7 Å². The van der Waals surface area contributed by atoms with Crippen molar-refractivity contribution in [3.05, 3.63) is 65.4 Å². The van der Waals surface area contributed by atoms with Crippen molar-refractivity contribution in [3.63, 3.8) is 0 Å². The fraction of sp³-hybridized carbons (Fsp3) is 0.444. The van der Waals surface area contributed by atoms with Crippen LogP contribution in [0.2, 0.25) is 0 Å². The summed E-state index contributed by atoms with van der Waals surface area (Å²) < 4.78 is 45.7. The summed E-state index contributed by atoms with van der Waals surface area (Å²) in [6.07, 6.45) is 1.85. The van der Waals surface area contributed by atoms with Crippen LogP contribution in [0.25, 0.3) is 10.9 Å². The second-order valence-corrected chi connectivity index (χ2v) is 8.58. The molecule has 0 unspecified atom stereocenters. The number of alkyl halides is 3. The molecule has 1 heterocycles.